The zero-order valence-electron chi connectivity index (χ0n) is 16.8. The van der Waals surface area contributed by atoms with Crippen molar-refractivity contribution in [1.29, 1.82) is 0 Å². The van der Waals surface area contributed by atoms with Gasteiger partial charge in [-0.3, -0.25) is 14.4 Å². The third kappa shape index (κ3) is 4.04. The maximum atomic E-state index is 12.5. The van der Waals surface area contributed by atoms with E-state index in [9.17, 15) is 19.2 Å². The summed E-state index contributed by atoms with van der Waals surface area (Å²) in [7, 11) is 1.44. The van der Waals surface area contributed by atoms with Crippen LogP contribution in [0.25, 0.3) is 10.8 Å². The van der Waals surface area contributed by atoms with Gasteiger partial charge in [-0.2, -0.15) is 5.10 Å². The number of esters is 1. The molecule has 160 valence electrons. The highest BCUT2D eigenvalue weighted by atomic mass is 16.5. The van der Waals surface area contributed by atoms with Crippen LogP contribution in [0.5, 0.6) is 0 Å². The Balaban J connectivity index is 1.36. The fraction of sp³-hybridized carbons (Fsp3) is 0.286. The van der Waals surface area contributed by atoms with Crippen LogP contribution in [0, 0.1) is 0 Å². The number of hydrogen-bond acceptors (Lipinski definition) is 7. The van der Waals surface area contributed by atoms with Gasteiger partial charge in [0.2, 0.25) is 0 Å². The van der Waals surface area contributed by atoms with Crippen molar-refractivity contribution < 1.29 is 23.5 Å². The van der Waals surface area contributed by atoms with Gasteiger partial charge in [-0.15, -0.1) is 0 Å². The third-order valence-electron chi connectivity index (χ3n) is 5.13. The van der Waals surface area contributed by atoms with E-state index < -0.39 is 12.6 Å². The Hall–Kier alpha value is -3.95. The van der Waals surface area contributed by atoms with Crippen molar-refractivity contribution in [3.8, 4) is 0 Å². The third-order valence-corrected chi connectivity index (χ3v) is 5.13. The highest BCUT2D eigenvalue weighted by Crippen LogP contribution is 2.14. The van der Waals surface area contributed by atoms with E-state index in [0.717, 1.165) is 4.68 Å². The fourth-order valence-corrected chi connectivity index (χ4v) is 3.45. The smallest absolute Gasteiger partial charge is 0.359 e. The summed E-state index contributed by atoms with van der Waals surface area (Å²) in [5, 5.41) is 4.71. The minimum absolute atomic E-state index is 0.0284. The van der Waals surface area contributed by atoms with Crippen LogP contribution in [0.4, 0.5) is 0 Å². The lowest BCUT2D eigenvalue weighted by Crippen LogP contribution is -2.51. The molecular formula is C21H20N4O6. The quantitative estimate of drug-likeness (QED) is 0.565. The molecule has 1 aliphatic heterocycles. The number of nitrogens with zero attached hydrogens (tertiary/aromatic N) is 4. The van der Waals surface area contributed by atoms with Gasteiger partial charge in [-0.05, 0) is 18.2 Å². The molecule has 3 aromatic rings. The van der Waals surface area contributed by atoms with Gasteiger partial charge in [-0.25, -0.2) is 9.48 Å². The van der Waals surface area contributed by atoms with E-state index in [-0.39, 0.29) is 28.8 Å². The Labute approximate surface area is 176 Å². The molecule has 31 heavy (non-hydrogen) atoms. The van der Waals surface area contributed by atoms with Gasteiger partial charge in [0, 0.05) is 38.6 Å². The molecule has 0 spiro atoms. The van der Waals surface area contributed by atoms with Crippen molar-refractivity contribution in [3.63, 3.8) is 0 Å². The Morgan fingerprint density at radius 3 is 2.35 bits per heavy atom. The summed E-state index contributed by atoms with van der Waals surface area (Å²) in [6.45, 7) is 0.899. The molecule has 1 aromatic carbocycles. The Morgan fingerprint density at radius 1 is 1.00 bits per heavy atom. The van der Waals surface area contributed by atoms with E-state index >= 15 is 0 Å². The second-order valence-electron chi connectivity index (χ2n) is 7.05. The molecule has 4 rings (SSSR count). The lowest BCUT2D eigenvalue weighted by atomic mass is 10.1. The number of benzene rings is 1. The minimum Gasteiger partial charge on any atom is -0.459 e. The van der Waals surface area contributed by atoms with Gasteiger partial charge < -0.3 is 19.0 Å². The topological polar surface area (TPSA) is 115 Å². The lowest BCUT2D eigenvalue weighted by molar-refractivity contribution is -0.136. The molecule has 0 radical (unpaired) electrons. The number of furan rings is 1. The number of amides is 2. The number of piperazine rings is 1. The monoisotopic (exact) mass is 424 g/mol. The van der Waals surface area contributed by atoms with Crippen LogP contribution >= 0.6 is 0 Å². The van der Waals surface area contributed by atoms with Crippen LogP contribution in [-0.4, -0.2) is 70.1 Å². The number of aromatic nitrogens is 2. The number of fused-ring (bicyclic) bond motifs is 1. The molecule has 0 atom stereocenters. The molecule has 1 saturated heterocycles. The maximum absolute atomic E-state index is 12.5. The van der Waals surface area contributed by atoms with Gasteiger partial charge in [0.15, 0.2) is 18.1 Å². The molecule has 2 amide bonds. The van der Waals surface area contributed by atoms with Crippen molar-refractivity contribution in [1.82, 2.24) is 19.6 Å². The van der Waals surface area contributed by atoms with E-state index in [4.69, 9.17) is 9.15 Å². The summed E-state index contributed by atoms with van der Waals surface area (Å²) >= 11 is 0. The van der Waals surface area contributed by atoms with Gasteiger partial charge in [0.25, 0.3) is 17.4 Å². The van der Waals surface area contributed by atoms with E-state index in [1.165, 1.54) is 18.2 Å². The molecule has 0 unspecified atom stereocenters. The normalized spacial score (nSPS) is 14.0. The first-order valence-electron chi connectivity index (χ1n) is 9.69. The first-order valence-corrected chi connectivity index (χ1v) is 9.69. The molecule has 0 bridgehead atoms. The van der Waals surface area contributed by atoms with Crippen LogP contribution in [0.15, 0.2) is 51.9 Å². The molecule has 1 fully saturated rings. The maximum Gasteiger partial charge on any atom is 0.359 e. The Kier molecular flexibility index (Phi) is 5.52. The van der Waals surface area contributed by atoms with Gasteiger partial charge in [0.05, 0.1) is 11.6 Å². The van der Waals surface area contributed by atoms with Crippen molar-refractivity contribution >= 4 is 28.6 Å². The number of carbonyl (C=O) groups is 3. The molecule has 0 N–H and O–H groups in total. The molecule has 1 aliphatic rings. The number of ether oxygens (including phenoxy) is 1. The molecule has 0 saturated carbocycles. The number of carbonyl (C=O) groups excluding carboxylic acids is 3. The summed E-state index contributed by atoms with van der Waals surface area (Å²) < 4.78 is 11.4. The van der Waals surface area contributed by atoms with Crippen molar-refractivity contribution in [2.24, 2.45) is 7.05 Å². The Bertz CT molecular complexity index is 1190. The van der Waals surface area contributed by atoms with Gasteiger partial charge in [-0.1, -0.05) is 18.2 Å². The summed E-state index contributed by atoms with van der Waals surface area (Å²) in [6, 6.07) is 9.83. The number of aryl methyl sites for hydroxylation is 1. The van der Waals surface area contributed by atoms with E-state index in [1.807, 2.05) is 0 Å². The second kappa shape index (κ2) is 8.42. The molecular weight excluding hydrogens is 404 g/mol. The first-order chi connectivity index (χ1) is 15.0. The summed E-state index contributed by atoms with van der Waals surface area (Å²) in [4.78, 5) is 52.6. The van der Waals surface area contributed by atoms with Crippen molar-refractivity contribution in [3.05, 3.63) is 64.5 Å². The van der Waals surface area contributed by atoms with Gasteiger partial charge >= 0.3 is 5.97 Å². The molecule has 2 aromatic heterocycles. The number of hydrogen-bond donors (Lipinski definition) is 0. The minimum atomic E-state index is -0.785. The van der Waals surface area contributed by atoms with Crippen LogP contribution in [0.3, 0.4) is 0 Å². The van der Waals surface area contributed by atoms with E-state index in [0.29, 0.717) is 37.0 Å². The van der Waals surface area contributed by atoms with Gasteiger partial charge in [0.1, 0.15) is 0 Å². The second-order valence-corrected chi connectivity index (χ2v) is 7.05. The molecule has 0 aliphatic carbocycles. The zero-order valence-corrected chi connectivity index (χ0v) is 16.8. The highest BCUT2D eigenvalue weighted by Gasteiger charge is 2.27. The summed E-state index contributed by atoms with van der Waals surface area (Å²) in [5.74, 6) is -1.12. The van der Waals surface area contributed by atoms with Crippen molar-refractivity contribution in [2.45, 2.75) is 0 Å². The molecule has 10 nitrogen and oxygen atoms in total. The van der Waals surface area contributed by atoms with E-state index in [1.54, 1.807) is 41.3 Å². The summed E-state index contributed by atoms with van der Waals surface area (Å²) in [5.41, 5.74) is -0.357. The zero-order chi connectivity index (χ0) is 22.0. The van der Waals surface area contributed by atoms with Crippen molar-refractivity contribution in [2.75, 3.05) is 32.8 Å². The molecule has 3 heterocycles. The lowest BCUT2D eigenvalue weighted by Gasteiger charge is -2.34. The highest BCUT2D eigenvalue weighted by molar-refractivity contribution is 6.02. The predicted molar refractivity (Wildman–Crippen MR) is 108 cm³/mol. The Morgan fingerprint density at radius 2 is 1.68 bits per heavy atom. The molecule has 10 heteroatoms. The first kappa shape index (κ1) is 20.3. The predicted octanol–water partition coefficient (Wildman–Crippen LogP) is 0.668. The SMILES string of the molecule is Cn1nc(C(=O)OCC(=O)N2CCN(C(=O)c3ccco3)CC2)c2ccccc2c1=O. The van der Waals surface area contributed by atoms with E-state index in [2.05, 4.69) is 5.10 Å². The van der Waals surface area contributed by atoms with Crippen LogP contribution < -0.4 is 5.56 Å². The number of rotatable bonds is 4. The summed E-state index contributed by atoms with van der Waals surface area (Å²) in [6.07, 6.45) is 1.43. The van der Waals surface area contributed by atoms with Crippen LogP contribution in [0.2, 0.25) is 0 Å². The van der Waals surface area contributed by atoms with Crippen LogP contribution in [0.1, 0.15) is 21.0 Å². The fourth-order valence-electron chi connectivity index (χ4n) is 3.45. The average Bonchev–Trinajstić information content (AvgIpc) is 3.34. The standard InChI is InChI=1S/C21H20N4O6/c1-23-19(27)15-6-3-2-5-14(15)18(22-23)21(29)31-13-17(26)24-8-10-25(11-9-24)20(28)16-7-4-12-30-16/h2-7,12H,8-11,13H2,1H3. The van der Waals surface area contributed by atoms with Crippen LogP contribution in [-0.2, 0) is 16.6 Å². The average molecular weight is 424 g/mol. The largest absolute Gasteiger partial charge is 0.459 e.